The zero-order chi connectivity index (χ0) is 39.4. The van der Waals surface area contributed by atoms with Gasteiger partial charge in [-0.15, -0.1) is 0 Å². The highest BCUT2D eigenvalue weighted by molar-refractivity contribution is 6.30. The van der Waals surface area contributed by atoms with Crippen molar-refractivity contribution in [3.8, 4) is 0 Å². The standard InChI is InChI=1S/C40H62ClN3O9/c1-12-31-40(8)34(44(38(48)53-40)42-18-14-16-28-15-13-17-29(41)21-28)27(6)32(45)25(4)22-39(7,49-11)35(23(2)19-24(3)36(47)51-31)52-37-33(46)30(43(9)10)20-26(5)50-37/h13,15,17,19,21,23,25-27,30-31,33-35,37,42,46H,12,14,16,18,20,22H2,1-11H3/b24-19+/t23-,25+,26+,27-,30-,31+,33+,34+,35+,37-,39-,40+/m0/s1. The first-order valence-electron chi connectivity index (χ1n) is 19.0. The van der Waals surface area contributed by atoms with Crippen LogP contribution in [-0.2, 0) is 39.7 Å². The SMILES string of the molecule is CC[C@H]1OC(=O)/C(C)=C/[C@H](C)[C@@H](O[C@@H]2O[C@H](C)C[C@H](N(C)C)[C@H]2O)[C@@](C)(OC)C[C@@H](C)C(=O)[C@H](C)[C@H]2N(NCCCc3cccc(Cl)c3)C(=O)O[C@]12C. The maximum absolute atomic E-state index is 14.6. The summed E-state index contributed by atoms with van der Waals surface area (Å²) in [6.07, 6.45) is 0.0136. The molecule has 53 heavy (non-hydrogen) atoms. The van der Waals surface area contributed by atoms with Gasteiger partial charge in [-0.05, 0) is 91.6 Å². The lowest BCUT2D eigenvalue weighted by molar-refractivity contribution is -0.294. The van der Waals surface area contributed by atoms with Crippen molar-refractivity contribution in [3.05, 3.63) is 46.5 Å². The van der Waals surface area contributed by atoms with Gasteiger partial charge >= 0.3 is 12.1 Å². The van der Waals surface area contributed by atoms with Gasteiger partial charge in [0.2, 0.25) is 0 Å². The van der Waals surface area contributed by atoms with Gasteiger partial charge in [0, 0.05) is 48.0 Å². The van der Waals surface area contributed by atoms with Gasteiger partial charge in [0.25, 0.3) is 0 Å². The Morgan fingerprint density at radius 3 is 2.45 bits per heavy atom. The Bertz CT molecular complexity index is 1480. The zero-order valence-electron chi connectivity index (χ0n) is 33.4. The largest absolute Gasteiger partial charge is 0.455 e. The van der Waals surface area contributed by atoms with Gasteiger partial charge in [-0.1, -0.05) is 57.5 Å². The first-order valence-corrected chi connectivity index (χ1v) is 19.4. The molecule has 0 bridgehead atoms. The van der Waals surface area contributed by atoms with Crippen molar-refractivity contribution < 1.29 is 43.2 Å². The predicted octanol–water partition coefficient (Wildman–Crippen LogP) is 5.72. The number of fused-ring (bicyclic) bond motifs is 1. The molecule has 12 nitrogen and oxygen atoms in total. The molecule has 1 aromatic rings. The van der Waals surface area contributed by atoms with Crippen molar-refractivity contribution in [1.82, 2.24) is 15.3 Å². The Kier molecular flexibility index (Phi) is 14.6. The predicted molar refractivity (Wildman–Crippen MR) is 202 cm³/mol. The van der Waals surface area contributed by atoms with E-state index in [1.807, 2.05) is 77.9 Å². The van der Waals surface area contributed by atoms with E-state index in [0.717, 1.165) is 12.0 Å². The third-order valence-electron chi connectivity index (χ3n) is 11.5. The lowest BCUT2D eigenvalue weighted by Crippen LogP contribution is -2.60. The quantitative estimate of drug-likeness (QED) is 0.224. The van der Waals surface area contributed by atoms with Crippen LogP contribution in [0.4, 0.5) is 4.79 Å². The minimum absolute atomic E-state index is 0.111. The van der Waals surface area contributed by atoms with Crippen LogP contribution in [0, 0.1) is 17.8 Å². The molecule has 3 aliphatic rings. The number of hydrogen-bond donors (Lipinski definition) is 2. The van der Waals surface area contributed by atoms with Gasteiger partial charge in [-0.25, -0.2) is 20.0 Å². The lowest BCUT2D eigenvalue weighted by Gasteiger charge is -2.46. The van der Waals surface area contributed by atoms with Crippen LogP contribution >= 0.6 is 11.6 Å². The molecule has 3 aliphatic heterocycles. The van der Waals surface area contributed by atoms with Crippen LogP contribution in [-0.4, -0.2) is 115 Å². The highest BCUT2D eigenvalue weighted by Crippen LogP contribution is 2.42. The van der Waals surface area contributed by atoms with E-state index in [2.05, 4.69) is 5.43 Å². The second-order valence-corrected chi connectivity index (χ2v) is 16.4. The van der Waals surface area contributed by atoms with E-state index in [-0.39, 0.29) is 24.3 Å². The molecule has 3 heterocycles. The molecular weight excluding hydrogens is 702 g/mol. The van der Waals surface area contributed by atoms with Crippen LogP contribution in [0.3, 0.4) is 0 Å². The summed E-state index contributed by atoms with van der Waals surface area (Å²) in [7, 11) is 5.39. The number of esters is 1. The van der Waals surface area contributed by atoms with E-state index < -0.39 is 71.7 Å². The first kappa shape index (κ1) is 43.2. The van der Waals surface area contributed by atoms with Crippen molar-refractivity contribution in [1.29, 1.82) is 0 Å². The summed E-state index contributed by atoms with van der Waals surface area (Å²) < 4.78 is 31.3. The number of aliphatic hydroxyl groups excluding tert-OH is 1. The molecule has 0 aromatic heterocycles. The van der Waals surface area contributed by atoms with E-state index in [0.29, 0.717) is 36.4 Å². The normalized spacial score (nSPS) is 38.5. The molecule has 12 atom stereocenters. The number of Topliss-reactive ketones (excluding diaryl/α,β-unsaturated/α-hetero) is 1. The van der Waals surface area contributed by atoms with Gasteiger partial charge in [0.15, 0.2) is 11.9 Å². The summed E-state index contributed by atoms with van der Waals surface area (Å²) in [5.74, 6) is -2.43. The summed E-state index contributed by atoms with van der Waals surface area (Å²) in [6, 6.07) is 6.62. The van der Waals surface area contributed by atoms with E-state index in [1.165, 1.54) is 5.01 Å². The Balaban J connectivity index is 1.70. The number of methoxy groups -OCH3 is 1. The fourth-order valence-electron chi connectivity index (χ4n) is 8.62. The van der Waals surface area contributed by atoms with E-state index in [1.54, 1.807) is 34.0 Å². The van der Waals surface area contributed by atoms with E-state index in [4.69, 9.17) is 35.3 Å². The average Bonchev–Trinajstić information content (AvgIpc) is 3.36. The average molecular weight is 764 g/mol. The topological polar surface area (TPSA) is 136 Å². The highest BCUT2D eigenvalue weighted by atomic mass is 35.5. The van der Waals surface area contributed by atoms with Gasteiger partial charge in [0.05, 0.1) is 17.8 Å². The molecule has 2 N–H and O–H groups in total. The molecule has 13 heteroatoms. The molecule has 1 amide bonds. The van der Waals surface area contributed by atoms with Crippen LogP contribution in [0.5, 0.6) is 0 Å². The molecule has 2 fully saturated rings. The number of hydrogen-bond acceptors (Lipinski definition) is 11. The number of halogens is 1. The second-order valence-electron chi connectivity index (χ2n) is 16.0. The van der Waals surface area contributed by atoms with Crippen molar-refractivity contribution >= 4 is 29.4 Å². The number of amides is 1. The number of cyclic esters (lactones) is 1. The number of nitrogens with one attached hydrogen (secondary N) is 1. The molecule has 4 rings (SSSR count). The fourth-order valence-corrected chi connectivity index (χ4v) is 8.83. The summed E-state index contributed by atoms with van der Waals surface area (Å²) >= 11 is 6.18. The summed E-state index contributed by atoms with van der Waals surface area (Å²) in [6.45, 7) is 15.1. The Morgan fingerprint density at radius 2 is 1.83 bits per heavy atom. The summed E-state index contributed by atoms with van der Waals surface area (Å²) in [5, 5.41) is 13.5. The zero-order valence-corrected chi connectivity index (χ0v) is 34.1. The van der Waals surface area contributed by atoms with Crippen LogP contribution in [0.2, 0.25) is 5.02 Å². The number of ether oxygens (including phenoxy) is 5. The van der Waals surface area contributed by atoms with Gasteiger partial charge in [-0.2, -0.15) is 0 Å². The number of likely N-dealkylation sites (N-methyl/N-ethyl adjacent to an activating group) is 1. The van der Waals surface area contributed by atoms with Crippen LogP contribution in [0.25, 0.3) is 0 Å². The molecule has 298 valence electrons. The molecule has 0 aliphatic carbocycles. The maximum atomic E-state index is 14.6. The Morgan fingerprint density at radius 1 is 1.13 bits per heavy atom. The molecular formula is C40H62ClN3O9. The number of benzene rings is 1. The number of aryl methyl sites for hydroxylation is 1. The Labute approximate surface area is 320 Å². The third-order valence-corrected chi connectivity index (χ3v) is 11.7. The summed E-state index contributed by atoms with van der Waals surface area (Å²) in [5.41, 5.74) is 2.22. The fraction of sp³-hybridized carbons (Fsp3) is 0.725. The van der Waals surface area contributed by atoms with Crippen molar-refractivity contribution in [3.63, 3.8) is 0 Å². The smallest absolute Gasteiger partial charge is 0.425 e. The van der Waals surface area contributed by atoms with Crippen molar-refractivity contribution in [2.75, 3.05) is 27.7 Å². The van der Waals surface area contributed by atoms with E-state index >= 15 is 0 Å². The van der Waals surface area contributed by atoms with Crippen LogP contribution in [0.1, 0.15) is 86.6 Å². The Hall–Kier alpha value is -2.58. The van der Waals surface area contributed by atoms with Crippen LogP contribution < -0.4 is 5.43 Å². The number of aliphatic hydroxyl groups is 1. The molecule has 1 aromatic carbocycles. The number of hydrazine groups is 1. The van der Waals surface area contributed by atoms with Gasteiger partial charge in [0.1, 0.15) is 24.0 Å². The van der Waals surface area contributed by atoms with Crippen molar-refractivity contribution in [2.45, 2.75) is 141 Å². The number of rotatable bonds is 10. The first-order chi connectivity index (χ1) is 24.9. The van der Waals surface area contributed by atoms with Crippen LogP contribution in [0.15, 0.2) is 35.9 Å². The second kappa shape index (κ2) is 17.9. The number of carbonyl (C=O) groups excluding carboxylic acids is 3. The molecule has 0 spiro atoms. The monoisotopic (exact) mass is 763 g/mol. The minimum atomic E-state index is -1.35. The molecule has 2 saturated heterocycles. The minimum Gasteiger partial charge on any atom is -0.455 e. The number of ketones is 1. The third kappa shape index (κ3) is 9.63. The lowest BCUT2D eigenvalue weighted by atomic mass is 9.74. The molecule has 0 radical (unpaired) electrons. The number of nitrogens with zero attached hydrogens (tertiary/aromatic N) is 2. The van der Waals surface area contributed by atoms with Crippen molar-refractivity contribution in [2.24, 2.45) is 17.8 Å². The molecule has 0 unspecified atom stereocenters. The highest BCUT2D eigenvalue weighted by Gasteiger charge is 2.60. The van der Waals surface area contributed by atoms with Gasteiger partial charge < -0.3 is 33.7 Å². The maximum Gasteiger partial charge on any atom is 0.425 e. The molecule has 0 saturated carbocycles. The summed E-state index contributed by atoms with van der Waals surface area (Å²) in [4.78, 5) is 44.0. The van der Waals surface area contributed by atoms with E-state index in [9.17, 15) is 19.5 Å². The van der Waals surface area contributed by atoms with Gasteiger partial charge in [-0.3, -0.25) is 4.79 Å². The number of carbonyl (C=O) groups is 3.